The van der Waals surface area contributed by atoms with E-state index in [0.29, 0.717) is 6.07 Å². The van der Waals surface area contributed by atoms with Gasteiger partial charge in [0.2, 0.25) is 0 Å². The number of pyridine rings is 1. The van der Waals surface area contributed by atoms with Gasteiger partial charge in [0, 0.05) is 11.5 Å². The van der Waals surface area contributed by atoms with E-state index in [1.54, 1.807) is 6.07 Å². The summed E-state index contributed by atoms with van der Waals surface area (Å²) in [7, 11) is 0. The Bertz CT molecular complexity index is 976. The van der Waals surface area contributed by atoms with Gasteiger partial charge in [0.15, 0.2) is 17.1 Å². The molecule has 98 valence electrons. The highest BCUT2D eigenvalue weighted by molar-refractivity contribution is 6.32. The van der Waals surface area contributed by atoms with Crippen molar-refractivity contribution >= 4 is 33.5 Å². The van der Waals surface area contributed by atoms with Crippen LogP contribution < -0.4 is 5.63 Å². The molecular weight excluding hydrogens is 290 g/mol. The van der Waals surface area contributed by atoms with E-state index in [0.717, 1.165) is 6.07 Å². The van der Waals surface area contributed by atoms with Crippen molar-refractivity contribution in [3.8, 4) is 6.07 Å². The van der Waals surface area contributed by atoms with Gasteiger partial charge in [-0.3, -0.25) is 0 Å². The second-order valence-electron chi connectivity index (χ2n) is 3.98. The predicted octanol–water partition coefficient (Wildman–Crippen LogP) is 3.14. The van der Waals surface area contributed by atoms with Crippen molar-refractivity contribution in [3.05, 3.63) is 51.0 Å². The van der Waals surface area contributed by atoms with E-state index in [2.05, 4.69) is 4.98 Å². The van der Waals surface area contributed by atoms with Crippen molar-refractivity contribution in [2.75, 3.05) is 0 Å². The minimum atomic E-state index is -1.02. The van der Waals surface area contributed by atoms with Gasteiger partial charge in [-0.05, 0) is 12.1 Å². The van der Waals surface area contributed by atoms with Gasteiger partial charge < -0.3 is 4.42 Å². The second-order valence-corrected chi connectivity index (χ2v) is 4.39. The largest absolute Gasteiger partial charge is 0.419 e. The highest BCUT2D eigenvalue weighted by atomic mass is 35.5. The van der Waals surface area contributed by atoms with Crippen LogP contribution in [-0.4, -0.2) is 4.98 Å². The Morgan fingerprint density at radius 2 is 2.00 bits per heavy atom. The molecule has 2 heterocycles. The third kappa shape index (κ3) is 1.72. The minimum Gasteiger partial charge on any atom is -0.419 e. The number of hydrogen-bond acceptors (Lipinski definition) is 4. The molecule has 0 aliphatic heterocycles. The van der Waals surface area contributed by atoms with Gasteiger partial charge in [-0.2, -0.15) is 5.26 Å². The lowest BCUT2D eigenvalue weighted by Crippen LogP contribution is -2.03. The summed E-state index contributed by atoms with van der Waals surface area (Å²) >= 11 is 5.78. The summed E-state index contributed by atoms with van der Waals surface area (Å²) in [4.78, 5) is 15.7. The Morgan fingerprint density at radius 1 is 1.25 bits per heavy atom. The van der Waals surface area contributed by atoms with Crippen LogP contribution in [0.1, 0.15) is 5.69 Å². The van der Waals surface area contributed by atoms with Crippen LogP contribution in [0.2, 0.25) is 5.02 Å². The first-order valence-corrected chi connectivity index (χ1v) is 5.71. The fourth-order valence-corrected chi connectivity index (χ4v) is 2.11. The molecule has 0 amide bonds. The van der Waals surface area contributed by atoms with Crippen LogP contribution in [0, 0.1) is 23.0 Å². The van der Waals surface area contributed by atoms with Crippen LogP contribution in [0.25, 0.3) is 21.9 Å². The predicted molar refractivity (Wildman–Crippen MR) is 67.4 cm³/mol. The van der Waals surface area contributed by atoms with Crippen molar-refractivity contribution in [1.29, 1.82) is 5.26 Å². The van der Waals surface area contributed by atoms with Gasteiger partial charge in [0.25, 0.3) is 0 Å². The fourth-order valence-electron chi connectivity index (χ4n) is 1.92. The van der Waals surface area contributed by atoms with Crippen molar-refractivity contribution in [2.24, 2.45) is 0 Å². The number of fused-ring (bicyclic) bond motifs is 3. The number of nitriles is 1. The summed E-state index contributed by atoms with van der Waals surface area (Å²) in [6.07, 6.45) is 0. The Morgan fingerprint density at radius 3 is 2.70 bits per heavy atom. The van der Waals surface area contributed by atoms with Crippen LogP contribution in [-0.2, 0) is 0 Å². The topological polar surface area (TPSA) is 66.9 Å². The first-order valence-electron chi connectivity index (χ1n) is 5.33. The molecule has 3 aromatic rings. The van der Waals surface area contributed by atoms with E-state index in [1.165, 1.54) is 6.07 Å². The molecule has 2 aromatic heterocycles. The summed E-state index contributed by atoms with van der Waals surface area (Å²) in [5.74, 6) is -1.87. The van der Waals surface area contributed by atoms with Crippen LogP contribution in [0.15, 0.2) is 27.4 Å². The summed E-state index contributed by atoms with van der Waals surface area (Å²) in [5, 5.41) is 8.76. The van der Waals surface area contributed by atoms with Crippen molar-refractivity contribution in [3.63, 3.8) is 0 Å². The fraction of sp³-hybridized carbons (Fsp3) is 0. The van der Waals surface area contributed by atoms with E-state index in [9.17, 15) is 13.6 Å². The lowest BCUT2D eigenvalue weighted by Gasteiger charge is -2.04. The zero-order chi connectivity index (χ0) is 14.4. The molecule has 0 N–H and O–H groups in total. The summed E-state index contributed by atoms with van der Waals surface area (Å²) < 4.78 is 31.7. The van der Waals surface area contributed by atoms with Crippen LogP contribution in [0.4, 0.5) is 8.78 Å². The maximum atomic E-state index is 13.6. The molecule has 0 atom stereocenters. The monoisotopic (exact) mass is 292 g/mol. The van der Waals surface area contributed by atoms with Gasteiger partial charge in [-0.15, -0.1) is 0 Å². The second kappa shape index (κ2) is 4.25. The van der Waals surface area contributed by atoms with Crippen molar-refractivity contribution < 1.29 is 13.2 Å². The van der Waals surface area contributed by atoms with Crippen LogP contribution in [0.3, 0.4) is 0 Å². The highest BCUT2D eigenvalue weighted by Gasteiger charge is 2.16. The quantitative estimate of drug-likeness (QED) is 0.471. The van der Waals surface area contributed by atoms with Gasteiger partial charge >= 0.3 is 5.63 Å². The van der Waals surface area contributed by atoms with E-state index in [-0.39, 0.29) is 27.0 Å². The van der Waals surface area contributed by atoms with Gasteiger partial charge in [0.1, 0.15) is 11.9 Å². The van der Waals surface area contributed by atoms with Gasteiger partial charge in [0.05, 0.1) is 15.9 Å². The molecule has 20 heavy (non-hydrogen) atoms. The first-order chi connectivity index (χ1) is 9.51. The highest BCUT2D eigenvalue weighted by Crippen LogP contribution is 2.27. The lowest BCUT2D eigenvalue weighted by atomic mass is 10.1. The average Bonchev–Trinajstić information content (AvgIpc) is 2.40. The standard InChI is InChI=1S/C13H3ClF2N2O2/c14-8-3-7-11(18-10(8)4-17)6-1-5(15)2-9(16)12(6)20-13(7)19/h1-3H. The third-order valence-corrected chi connectivity index (χ3v) is 3.05. The molecule has 0 aliphatic rings. The van der Waals surface area contributed by atoms with E-state index < -0.39 is 22.8 Å². The average molecular weight is 293 g/mol. The number of rotatable bonds is 0. The molecule has 0 radical (unpaired) electrons. The molecule has 0 aliphatic carbocycles. The Kier molecular flexibility index (Phi) is 2.66. The van der Waals surface area contributed by atoms with Crippen molar-refractivity contribution in [1.82, 2.24) is 4.98 Å². The van der Waals surface area contributed by atoms with Crippen LogP contribution in [0.5, 0.6) is 0 Å². The number of nitrogens with zero attached hydrogens (tertiary/aromatic N) is 2. The summed E-state index contributed by atoms with van der Waals surface area (Å²) in [6.45, 7) is 0. The minimum absolute atomic E-state index is 0.0319. The first kappa shape index (κ1) is 12.5. The molecule has 7 heteroatoms. The SMILES string of the molecule is N#Cc1nc2c(cc1Cl)c(=O)oc1c(F)cc(F)cc12. The molecular formula is C13H3ClF2N2O2. The molecule has 0 saturated carbocycles. The maximum absolute atomic E-state index is 13.6. The molecule has 0 bridgehead atoms. The Balaban J connectivity index is 2.65. The number of halogens is 3. The zero-order valence-electron chi connectivity index (χ0n) is 9.58. The van der Waals surface area contributed by atoms with E-state index in [1.807, 2.05) is 0 Å². The zero-order valence-corrected chi connectivity index (χ0v) is 10.3. The summed E-state index contributed by atoms with van der Waals surface area (Å²) in [6, 6.07) is 4.50. The number of aromatic nitrogens is 1. The lowest BCUT2D eigenvalue weighted by molar-refractivity contribution is 0.521. The molecule has 4 nitrogen and oxygen atoms in total. The van der Waals surface area contributed by atoms with Gasteiger partial charge in [-0.1, -0.05) is 11.6 Å². The van der Waals surface area contributed by atoms with Gasteiger partial charge in [-0.25, -0.2) is 18.6 Å². The van der Waals surface area contributed by atoms with E-state index >= 15 is 0 Å². The van der Waals surface area contributed by atoms with E-state index in [4.69, 9.17) is 21.3 Å². The number of hydrogen-bond donors (Lipinski definition) is 0. The molecule has 3 rings (SSSR count). The Labute approximate surface area is 114 Å². The molecule has 1 aromatic carbocycles. The normalized spacial score (nSPS) is 10.9. The number of benzene rings is 1. The molecule has 0 unspecified atom stereocenters. The third-order valence-electron chi connectivity index (χ3n) is 2.76. The molecule has 0 fully saturated rings. The van der Waals surface area contributed by atoms with Crippen molar-refractivity contribution in [2.45, 2.75) is 0 Å². The molecule has 0 spiro atoms. The molecule has 0 saturated heterocycles. The maximum Gasteiger partial charge on any atom is 0.345 e. The smallest absolute Gasteiger partial charge is 0.345 e. The summed E-state index contributed by atoms with van der Waals surface area (Å²) in [5.41, 5.74) is -1.45. The van der Waals surface area contributed by atoms with Crippen LogP contribution >= 0.6 is 11.6 Å². The Hall–Kier alpha value is -2.52.